The highest BCUT2D eigenvalue weighted by molar-refractivity contribution is 5.39. The van der Waals surface area contributed by atoms with Crippen LogP contribution in [0.15, 0.2) is 24.5 Å². The van der Waals surface area contributed by atoms with Crippen molar-refractivity contribution >= 4 is 5.82 Å². The molecule has 2 aromatic heterocycles. The first-order chi connectivity index (χ1) is 8.08. The predicted octanol–water partition coefficient (Wildman–Crippen LogP) is 0.982. The van der Waals surface area contributed by atoms with E-state index in [1.165, 1.54) is 0 Å². The first-order valence-electron chi connectivity index (χ1n) is 5.45. The Morgan fingerprint density at radius 3 is 2.88 bits per heavy atom. The van der Waals surface area contributed by atoms with Crippen LogP contribution < -0.4 is 5.73 Å². The van der Waals surface area contributed by atoms with Gasteiger partial charge in [0, 0.05) is 31.4 Å². The normalized spacial score (nSPS) is 12.6. The van der Waals surface area contributed by atoms with Gasteiger partial charge in [0.15, 0.2) is 0 Å². The lowest BCUT2D eigenvalue weighted by molar-refractivity contribution is 0.178. The summed E-state index contributed by atoms with van der Waals surface area (Å²) < 4.78 is 1.69. The largest absolute Gasteiger partial charge is 0.388 e. The molecular weight excluding hydrogens is 216 g/mol. The fourth-order valence-corrected chi connectivity index (χ4v) is 1.89. The highest BCUT2D eigenvalue weighted by atomic mass is 16.3. The molecule has 90 valence electrons. The molecule has 0 aromatic carbocycles. The molecule has 3 N–H and O–H groups in total. The lowest BCUT2D eigenvalue weighted by Crippen LogP contribution is -2.05. The highest BCUT2D eigenvalue weighted by Gasteiger charge is 2.15. The lowest BCUT2D eigenvalue weighted by atomic mass is 10.0. The molecule has 0 aliphatic heterocycles. The Labute approximate surface area is 99.9 Å². The van der Waals surface area contributed by atoms with Crippen molar-refractivity contribution in [2.45, 2.75) is 19.4 Å². The minimum absolute atomic E-state index is 0.451. The zero-order valence-electron chi connectivity index (χ0n) is 9.96. The molecule has 0 aliphatic carbocycles. The SMILES string of the molecule is Cc1nn(C)cc1C(O)Cc1cccnc1N. The van der Waals surface area contributed by atoms with Gasteiger partial charge in [-0.25, -0.2) is 4.98 Å². The van der Waals surface area contributed by atoms with E-state index in [9.17, 15) is 5.11 Å². The summed E-state index contributed by atoms with van der Waals surface area (Å²) in [6.45, 7) is 1.88. The zero-order valence-corrected chi connectivity index (χ0v) is 9.96. The molecule has 2 rings (SSSR count). The molecule has 1 unspecified atom stereocenters. The molecule has 2 aromatic rings. The summed E-state index contributed by atoms with van der Waals surface area (Å²) in [6, 6.07) is 3.69. The standard InChI is InChI=1S/C12H16N4O/c1-8-10(7-16(2)15-8)11(17)6-9-4-3-5-14-12(9)13/h3-5,7,11,17H,6H2,1-2H3,(H2,13,14). The van der Waals surface area contributed by atoms with Gasteiger partial charge in [0.05, 0.1) is 11.8 Å². The van der Waals surface area contributed by atoms with E-state index in [2.05, 4.69) is 10.1 Å². The molecule has 0 bridgehead atoms. The molecule has 0 spiro atoms. The summed E-state index contributed by atoms with van der Waals surface area (Å²) >= 11 is 0. The van der Waals surface area contributed by atoms with Gasteiger partial charge in [-0.1, -0.05) is 6.07 Å². The molecule has 0 aliphatic rings. The fraction of sp³-hybridized carbons (Fsp3) is 0.333. The molecule has 0 saturated carbocycles. The number of aliphatic hydroxyl groups is 1. The summed E-state index contributed by atoms with van der Waals surface area (Å²) in [7, 11) is 1.83. The number of anilines is 1. The fourth-order valence-electron chi connectivity index (χ4n) is 1.89. The number of rotatable bonds is 3. The second kappa shape index (κ2) is 4.55. The predicted molar refractivity (Wildman–Crippen MR) is 65.3 cm³/mol. The van der Waals surface area contributed by atoms with Crippen molar-refractivity contribution < 1.29 is 5.11 Å². The zero-order chi connectivity index (χ0) is 12.4. The van der Waals surface area contributed by atoms with Crippen LogP contribution in [0.2, 0.25) is 0 Å². The van der Waals surface area contributed by atoms with Crippen LogP contribution in [0.3, 0.4) is 0 Å². The van der Waals surface area contributed by atoms with E-state index in [1.807, 2.05) is 32.3 Å². The first-order valence-corrected chi connectivity index (χ1v) is 5.45. The van der Waals surface area contributed by atoms with Gasteiger partial charge in [0.25, 0.3) is 0 Å². The molecule has 0 saturated heterocycles. The van der Waals surface area contributed by atoms with Gasteiger partial charge in [-0.05, 0) is 18.6 Å². The number of nitrogens with zero attached hydrogens (tertiary/aromatic N) is 3. The van der Waals surface area contributed by atoms with E-state index in [0.717, 1.165) is 16.8 Å². The van der Waals surface area contributed by atoms with Crippen molar-refractivity contribution in [2.24, 2.45) is 7.05 Å². The number of nitrogens with two attached hydrogens (primary N) is 1. The molecule has 0 fully saturated rings. The Morgan fingerprint density at radius 2 is 2.29 bits per heavy atom. The summed E-state index contributed by atoms with van der Waals surface area (Å²) in [4.78, 5) is 4.00. The summed E-state index contributed by atoms with van der Waals surface area (Å²) in [5, 5.41) is 14.4. The number of nitrogen functional groups attached to an aromatic ring is 1. The van der Waals surface area contributed by atoms with E-state index in [4.69, 9.17) is 5.73 Å². The van der Waals surface area contributed by atoms with E-state index in [1.54, 1.807) is 10.9 Å². The molecule has 0 amide bonds. The number of aliphatic hydroxyl groups excluding tert-OH is 1. The van der Waals surface area contributed by atoms with Gasteiger partial charge in [0.1, 0.15) is 5.82 Å². The molecular formula is C12H16N4O. The quantitative estimate of drug-likeness (QED) is 0.827. The van der Waals surface area contributed by atoms with Crippen LogP contribution in [0.4, 0.5) is 5.82 Å². The molecule has 5 heteroatoms. The Balaban J connectivity index is 2.20. The second-order valence-electron chi connectivity index (χ2n) is 4.11. The molecule has 0 radical (unpaired) electrons. The van der Waals surface area contributed by atoms with E-state index in [-0.39, 0.29) is 0 Å². The maximum atomic E-state index is 10.2. The molecule has 1 atom stereocenters. The number of aromatic nitrogens is 3. The van der Waals surface area contributed by atoms with Crippen molar-refractivity contribution in [3.63, 3.8) is 0 Å². The molecule has 17 heavy (non-hydrogen) atoms. The number of pyridine rings is 1. The number of aryl methyl sites for hydroxylation is 2. The van der Waals surface area contributed by atoms with Gasteiger partial charge < -0.3 is 10.8 Å². The van der Waals surface area contributed by atoms with Crippen LogP contribution in [0.5, 0.6) is 0 Å². The van der Waals surface area contributed by atoms with E-state index in [0.29, 0.717) is 12.2 Å². The van der Waals surface area contributed by atoms with Crippen LogP contribution in [0.25, 0.3) is 0 Å². The third-order valence-electron chi connectivity index (χ3n) is 2.75. The van der Waals surface area contributed by atoms with Crippen LogP contribution in [0.1, 0.15) is 22.9 Å². The molecule has 2 heterocycles. The second-order valence-corrected chi connectivity index (χ2v) is 4.11. The Kier molecular flexibility index (Phi) is 3.10. The molecule has 5 nitrogen and oxygen atoms in total. The van der Waals surface area contributed by atoms with Gasteiger partial charge in [-0.15, -0.1) is 0 Å². The van der Waals surface area contributed by atoms with Gasteiger partial charge in [0.2, 0.25) is 0 Å². The number of hydrogen-bond donors (Lipinski definition) is 2. The Hall–Kier alpha value is -1.88. The maximum Gasteiger partial charge on any atom is 0.126 e. The van der Waals surface area contributed by atoms with Crippen LogP contribution >= 0.6 is 0 Å². The Bertz CT molecular complexity index is 521. The van der Waals surface area contributed by atoms with Gasteiger partial charge >= 0.3 is 0 Å². The minimum atomic E-state index is -0.602. The van der Waals surface area contributed by atoms with Crippen molar-refractivity contribution in [1.29, 1.82) is 0 Å². The minimum Gasteiger partial charge on any atom is -0.388 e. The van der Waals surface area contributed by atoms with Crippen molar-refractivity contribution in [3.8, 4) is 0 Å². The van der Waals surface area contributed by atoms with Crippen LogP contribution in [0, 0.1) is 6.92 Å². The monoisotopic (exact) mass is 232 g/mol. The summed E-state index contributed by atoms with van der Waals surface area (Å²) in [5.74, 6) is 0.466. The van der Waals surface area contributed by atoms with Crippen molar-refractivity contribution in [2.75, 3.05) is 5.73 Å². The van der Waals surface area contributed by atoms with Crippen molar-refractivity contribution in [1.82, 2.24) is 14.8 Å². The third-order valence-corrected chi connectivity index (χ3v) is 2.75. The Morgan fingerprint density at radius 1 is 1.53 bits per heavy atom. The maximum absolute atomic E-state index is 10.2. The topological polar surface area (TPSA) is 77.0 Å². The number of hydrogen-bond acceptors (Lipinski definition) is 4. The summed E-state index contributed by atoms with van der Waals surface area (Å²) in [5.41, 5.74) is 8.26. The lowest BCUT2D eigenvalue weighted by Gasteiger charge is -2.10. The highest BCUT2D eigenvalue weighted by Crippen LogP contribution is 2.22. The van der Waals surface area contributed by atoms with Crippen LogP contribution in [-0.4, -0.2) is 19.9 Å². The third kappa shape index (κ3) is 2.45. The van der Waals surface area contributed by atoms with Crippen LogP contribution in [-0.2, 0) is 13.5 Å². The van der Waals surface area contributed by atoms with E-state index < -0.39 is 6.10 Å². The van der Waals surface area contributed by atoms with Gasteiger partial charge in [-0.2, -0.15) is 5.10 Å². The summed E-state index contributed by atoms with van der Waals surface area (Å²) in [6.07, 6.45) is 3.31. The first kappa shape index (κ1) is 11.6. The average Bonchev–Trinajstić information content (AvgIpc) is 2.61. The average molecular weight is 232 g/mol. The van der Waals surface area contributed by atoms with Gasteiger partial charge in [-0.3, -0.25) is 4.68 Å². The van der Waals surface area contributed by atoms with E-state index >= 15 is 0 Å². The smallest absolute Gasteiger partial charge is 0.126 e. The van der Waals surface area contributed by atoms with Crippen molar-refractivity contribution in [3.05, 3.63) is 41.3 Å².